The molecule has 1 aliphatic carbocycles. The maximum Gasteiger partial charge on any atom is 0.105 e. The fraction of sp³-hybridized carbons (Fsp3) is 0.769. The van der Waals surface area contributed by atoms with Crippen molar-refractivity contribution in [1.29, 1.82) is 0 Å². The van der Waals surface area contributed by atoms with Crippen molar-refractivity contribution in [2.45, 2.75) is 50.4 Å². The van der Waals surface area contributed by atoms with E-state index in [4.69, 9.17) is 0 Å². The highest BCUT2D eigenvalue weighted by atomic mass is 32.2. The van der Waals surface area contributed by atoms with Crippen molar-refractivity contribution in [2.75, 3.05) is 12.8 Å². The average molecular weight is 253 g/mol. The third kappa shape index (κ3) is 3.75. The first-order chi connectivity index (χ1) is 8.29. The van der Waals surface area contributed by atoms with Crippen molar-refractivity contribution in [1.82, 2.24) is 14.9 Å². The SMILES string of the molecule is CSC1CCCC(NCCn2ccnc2C)C1. The van der Waals surface area contributed by atoms with Crippen LogP contribution in [-0.4, -0.2) is 33.6 Å². The topological polar surface area (TPSA) is 29.9 Å². The molecule has 2 atom stereocenters. The largest absolute Gasteiger partial charge is 0.334 e. The van der Waals surface area contributed by atoms with Crippen molar-refractivity contribution in [3.8, 4) is 0 Å². The molecule has 1 fully saturated rings. The molecule has 2 unspecified atom stereocenters. The van der Waals surface area contributed by atoms with E-state index in [0.29, 0.717) is 0 Å². The number of aromatic nitrogens is 2. The number of nitrogens with one attached hydrogen (secondary N) is 1. The Labute approximate surface area is 108 Å². The Balaban J connectivity index is 1.70. The van der Waals surface area contributed by atoms with Crippen molar-refractivity contribution in [3.05, 3.63) is 18.2 Å². The molecular weight excluding hydrogens is 230 g/mol. The van der Waals surface area contributed by atoms with Crippen molar-refractivity contribution < 1.29 is 0 Å². The van der Waals surface area contributed by atoms with E-state index in [-0.39, 0.29) is 0 Å². The zero-order valence-electron chi connectivity index (χ0n) is 10.9. The molecule has 0 aromatic carbocycles. The minimum absolute atomic E-state index is 0.727. The summed E-state index contributed by atoms with van der Waals surface area (Å²) in [5, 5.41) is 4.56. The third-order valence-corrected chi connectivity index (χ3v) is 4.76. The summed E-state index contributed by atoms with van der Waals surface area (Å²) >= 11 is 2.03. The predicted molar refractivity (Wildman–Crippen MR) is 74.5 cm³/mol. The summed E-state index contributed by atoms with van der Waals surface area (Å²) in [6.45, 7) is 4.15. The number of hydrogen-bond acceptors (Lipinski definition) is 3. The zero-order valence-corrected chi connectivity index (χ0v) is 11.7. The fourth-order valence-electron chi connectivity index (χ4n) is 2.57. The van der Waals surface area contributed by atoms with Gasteiger partial charge in [-0.25, -0.2) is 4.98 Å². The molecule has 0 bridgehead atoms. The number of aryl methyl sites for hydroxylation is 1. The molecule has 1 aromatic rings. The van der Waals surface area contributed by atoms with Crippen LogP contribution in [0.15, 0.2) is 12.4 Å². The first kappa shape index (κ1) is 13.0. The second-order valence-corrected chi connectivity index (χ2v) is 5.98. The summed E-state index contributed by atoms with van der Waals surface area (Å²) in [7, 11) is 0. The van der Waals surface area contributed by atoms with Crippen LogP contribution in [0, 0.1) is 6.92 Å². The number of imidazole rings is 1. The monoisotopic (exact) mass is 253 g/mol. The molecule has 1 aromatic heterocycles. The van der Waals surface area contributed by atoms with Gasteiger partial charge in [0, 0.05) is 36.8 Å². The molecule has 0 amide bonds. The van der Waals surface area contributed by atoms with E-state index >= 15 is 0 Å². The second-order valence-electron chi connectivity index (χ2n) is 4.84. The molecule has 1 saturated carbocycles. The minimum atomic E-state index is 0.727. The number of hydrogen-bond donors (Lipinski definition) is 1. The Bertz CT molecular complexity index is 337. The smallest absolute Gasteiger partial charge is 0.105 e. The summed E-state index contributed by atoms with van der Waals surface area (Å²) in [5.41, 5.74) is 0. The Morgan fingerprint density at radius 1 is 1.53 bits per heavy atom. The van der Waals surface area contributed by atoms with Crippen LogP contribution in [0.4, 0.5) is 0 Å². The Hall–Kier alpha value is -0.480. The highest BCUT2D eigenvalue weighted by molar-refractivity contribution is 7.99. The van der Waals surface area contributed by atoms with Gasteiger partial charge in [-0.15, -0.1) is 0 Å². The molecule has 0 radical (unpaired) electrons. The van der Waals surface area contributed by atoms with Gasteiger partial charge in [-0.3, -0.25) is 0 Å². The van der Waals surface area contributed by atoms with Gasteiger partial charge in [0.2, 0.25) is 0 Å². The molecule has 1 N–H and O–H groups in total. The fourth-order valence-corrected chi connectivity index (χ4v) is 3.40. The number of thioether (sulfide) groups is 1. The van der Waals surface area contributed by atoms with Crippen LogP contribution in [0.5, 0.6) is 0 Å². The maximum atomic E-state index is 4.24. The highest BCUT2D eigenvalue weighted by Crippen LogP contribution is 2.26. The van der Waals surface area contributed by atoms with E-state index in [9.17, 15) is 0 Å². The predicted octanol–water partition coefficient (Wildman–Crippen LogP) is 2.46. The van der Waals surface area contributed by atoms with Gasteiger partial charge in [0.15, 0.2) is 0 Å². The first-order valence-electron chi connectivity index (χ1n) is 6.53. The highest BCUT2D eigenvalue weighted by Gasteiger charge is 2.20. The van der Waals surface area contributed by atoms with E-state index in [2.05, 4.69) is 34.2 Å². The molecule has 0 aliphatic heterocycles. The normalized spacial score (nSPS) is 25.1. The summed E-state index contributed by atoms with van der Waals surface area (Å²) in [6.07, 6.45) is 11.6. The Morgan fingerprint density at radius 3 is 3.12 bits per heavy atom. The van der Waals surface area contributed by atoms with E-state index in [0.717, 1.165) is 30.2 Å². The van der Waals surface area contributed by atoms with Gasteiger partial charge in [0.25, 0.3) is 0 Å². The Morgan fingerprint density at radius 2 is 2.41 bits per heavy atom. The van der Waals surface area contributed by atoms with E-state index in [1.807, 2.05) is 18.0 Å². The molecular formula is C13H23N3S. The molecule has 0 spiro atoms. The van der Waals surface area contributed by atoms with Gasteiger partial charge in [0.1, 0.15) is 5.82 Å². The van der Waals surface area contributed by atoms with Crippen LogP contribution >= 0.6 is 11.8 Å². The summed E-state index contributed by atoms with van der Waals surface area (Å²) in [6, 6.07) is 0.727. The van der Waals surface area contributed by atoms with E-state index < -0.39 is 0 Å². The molecule has 4 heteroatoms. The van der Waals surface area contributed by atoms with Crippen LogP contribution in [-0.2, 0) is 6.54 Å². The van der Waals surface area contributed by atoms with Gasteiger partial charge in [-0.2, -0.15) is 11.8 Å². The molecule has 96 valence electrons. The Kier molecular flexibility index (Phi) is 4.92. The molecule has 0 saturated heterocycles. The lowest BCUT2D eigenvalue weighted by atomic mass is 9.95. The van der Waals surface area contributed by atoms with Crippen LogP contribution in [0.1, 0.15) is 31.5 Å². The molecule has 17 heavy (non-hydrogen) atoms. The molecule has 1 heterocycles. The summed E-state index contributed by atoms with van der Waals surface area (Å²) < 4.78 is 2.21. The number of nitrogens with zero attached hydrogens (tertiary/aromatic N) is 2. The van der Waals surface area contributed by atoms with Crippen molar-refractivity contribution >= 4 is 11.8 Å². The van der Waals surface area contributed by atoms with Crippen molar-refractivity contribution in [2.24, 2.45) is 0 Å². The van der Waals surface area contributed by atoms with Gasteiger partial charge in [-0.05, 0) is 32.4 Å². The minimum Gasteiger partial charge on any atom is -0.334 e. The molecule has 1 aliphatic rings. The maximum absolute atomic E-state index is 4.24. The second kappa shape index (κ2) is 6.45. The lowest BCUT2D eigenvalue weighted by Gasteiger charge is -2.28. The van der Waals surface area contributed by atoms with Crippen LogP contribution in [0.2, 0.25) is 0 Å². The van der Waals surface area contributed by atoms with Gasteiger partial charge in [0.05, 0.1) is 0 Å². The summed E-state index contributed by atoms with van der Waals surface area (Å²) in [5.74, 6) is 1.11. The standard InChI is InChI=1S/C13H23N3S/c1-11-14-6-8-16(11)9-7-15-12-4-3-5-13(10-12)17-2/h6,8,12-13,15H,3-5,7,9-10H2,1-2H3. The summed E-state index contributed by atoms with van der Waals surface area (Å²) in [4.78, 5) is 4.24. The lowest BCUT2D eigenvalue weighted by Crippen LogP contribution is -2.36. The van der Waals surface area contributed by atoms with Crippen LogP contribution in [0.25, 0.3) is 0 Å². The van der Waals surface area contributed by atoms with Crippen LogP contribution in [0.3, 0.4) is 0 Å². The quantitative estimate of drug-likeness (QED) is 0.874. The molecule has 3 nitrogen and oxygen atoms in total. The van der Waals surface area contributed by atoms with E-state index in [1.165, 1.54) is 25.7 Å². The third-order valence-electron chi connectivity index (χ3n) is 3.67. The lowest BCUT2D eigenvalue weighted by molar-refractivity contribution is 0.374. The zero-order chi connectivity index (χ0) is 12.1. The average Bonchev–Trinajstić information content (AvgIpc) is 2.76. The van der Waals surface area contributed by atoms with E-state index in [1.54, 1.807) is 0 Å². The van der Waals surface area contributed by atoms with Gasteiger partial charge >= 0.3 is 0 Å². The van der Waals surface area contributed by atoms with Gasteiger partial charge < -0.3 is 9.88 Å². The van der Waals surface area contributed by atoms with Gasteiger partial charge in [-0.1, -0.05) is 6.42 Å². The van der Waals surface area contributed by atoms with Crippen LogP contribution < -0.4 is 5.32 Å². The first-order valence-corrected chi connectivity index (χ1v) is 7.82. The van der Waals surface area contributed by atoms with Crippen molar-refractivity contribution in [3.63, 3.8) is 0 Å². The number of rotatable bonds is 5. The molecule has 2 rings (SSSR count).